The number of benzene rings is 1. The number of hydrogen-bond acceptors (Lipinski definition) is 3. The number of hydrogen-bond donors (Lipinski definition) is 1. The second-order valence-corrected chi connectivity index (χ2v) is 5.88. The predicted octanol–water partition coefficient (Wildman–Crippen LogP) is 2.38. The molecule has 0 spiro atoms. The second kappa shape index (κ2) is 5.95. The van der Waals surface area contributed by atoms with Crippen molar-refractivity contribution in [2.45, 2.75) is 39.2 Å². The van der Waals surface area contributed by atoms with Gasteiger partial charge in [-0.3, -0.25) is 9.59 Å². The molecule has 0 saturated carbocycles. The lowest BCUT2D eigenvalue weighted by atomic mass is 10.2. The van der Waals surface area contributed by atoms with Gasteiger partial charge in [0.05, 0.1) is 5.69 Å². The molecule has 5 nitrogen and oxygen atoms in total. The Bertz CT molecular complexity index is 829. The zero-order valence-electron chi connectivity index (χ0n) is 13.1. The lowest BCUT2D eigenvalue weighted by Crippen LogP contribution is -2.34. The molecule has 1 heterocycles. The van der Waals surface area contributed by atoms with Crippen molar-refractivity contribution in [1.82, 2.24) is 9.78 Å². The van der Waals surface area contributed by atoms with Crippen molar-refractivity contribution >= 4 is 11.6 Å². The van der Waals surface area contributed by atoms with Gasteiger partial charge < -0.3 is 5.32 Å². The molecule has 1 atom stereocenters. The van der Waals surface area contributed by atoms with Crippen LogP contribution in [-0.4, -0.2) is 15.7 Å². The van der Waals surface area contributed by atoms with Gasteiger partial charge in [-0.15, -0.1) is 0 Å². The summed E-state index contributed by atoms with van der Waals surface area (Å²) in [6.45, 7) is 3.26. The zero-order valence-corrected chi connectivity index (χ0v) is 13.1. The highest BCUT2D eigenvalue weighted by molar-refractivity contribution is 5.93. The van der Waals surface area contributed by atoms with E-state index in [0.717, 1.165) is 30.5 Å². The fourth-order valence-corrected chi connectivity index (χ4v) is 2.72. The molecule has 0 fully saturated rings. The molecule has 1 aromatic carbocycles. The second-order valence-electron chi connectivity index (χ2n) is 5.88. The van der Waals surface area contributed by atoms with Gasteiger partial charge in [-0.1, -0.05) is 6.07 Å². The van der Waals surface area contributed by atoms with Crippen molar-refractivity contribution in [3.05, 3.63) is 57.3 Å². The van der Waals surface area contributed by atoms with Crippen LogP contribution in [0.15, 0.2) is 29.1 Å². The van der Waals surface area contributed by atoms with E-state index in [9.17, 15) is 14.0 Å². The minimum Gasteiger partial charge on any atom is -0.324 e. The molecule has 3 rings (SSSR count). The molecule has 1 N–H and O–H groups in total. The van der Waals surface area contributed by atoms with E-state index in [0.29, 0.717) is 11.3 Å². The normalized spacial score (nSPS) is 14.4. The largest absolute Gasteiger partial charge is 0.324 e. The van der Waals surface area contributed by atoms with Gasteiger partial charge in [0.15, 0.2) is 0 Å². The Labute approximate surface area is 133 Å². The molecule has 1 unspecified atom stereocenters. The summed E-state index contributed by atoms with van der Waals surface area (Å²) >= 11 is 0. The van der Waals surface area contributed by atoms with E-state index in [-0.39, 0.29) is 11.4 Å². The third-order valence-corrected chi connectivity index (χ3v) is 4.17. The third-order valence-electron chi connectivity index (χ3n) is 4.17. The lowest BCUT2D eigenvalue weighted by molar-refractivity contribution is -0.119. The quantitative estimate of drug-likeness (QED) is 0.946. The molecule has 2 aromatic rings. The Morgan fingerprint density at radius 1 is 1.35 bits per heavy atom. The van der Waals surface area contributed by atoms with Gasteiger partial charge in [0.2, 0.25) is 5.91 Å². The standard InChI is InChI=1S/C17H18FN3O2/c1-10-6-7-13(9-14(10)18)19-17(23)11(2)21-16(22)8-12-4-3-5-15(12)20-21/h6-9,11H,3-5H2,1-2H3,(H,19,23). The maximum absolute atomic E-state index is 13.5. The molecule has 0 radical (unpaired) electrons. The monoisotopic (exact) mass is 315 g/mol. The molecule has 0 aliphatic heterocycles. The highest BCUT2D eigenvalue weighted by Crippen LogP contribution is 2.19. The van der Waals surface area contributed by atoms with E-state index in [1.165, 1.54) is 10.7 Å². The van der Waals surface area contributed by atoms with Gasteiger partial charge in [-0.2, -0.15) is 5.10 Å². The Morgan fingerprint density at radius 2 is 2.13 bits per heavy atom. The Balaban J connectivity index is 1.82. The van der Waals surface area contributed by atoms with Crippen LogP contribution >= 0.6 is 0 Å². The number of nitrogens with one attached hydrogen (secondary N) is 1. The number of fused-ring (bicyclic) bond motifs is 1. The van der Waals surface area contributed by atoms with Crippen LogP contribution < -0.4 is 10.9 Å². The summed E-state index contributed by atoms with van der Waals surface area (Å²) in [4.78, 5) is 24.5. The number of anilines is 1. The predicted molar refractivity (Wildman–Crippen MR) is 85.0 cm³/mol. The molecule has 1 aliphatic carbocycles. The van der Waals surface area contributed by atoms with Crippen molar-refractivity contribution < 1.29 is 9.18 Å². The van der Waals surface area contributed by atoms with Crippen LogP contribution in [0.3, 0.4) is 0 Å². The molecule has 120 valence electrons. The van der Waals surface area contributed by atoms with E-state index >= 15 is 0 Å². The van der Waals surface area contributed by atoms with Crippen molar-refractivity contribution in [3.8, 4) is 0 Å². The van der Waals surface area contributed by atoms with E-state index in [1.54, 1.807) is 32.0 Å². The first-order valence-electron chi connectivity index (χ1n) is 7.64. The van der Waals surface area contributed by atoms with Crippen LogP contribution in [0.4, 0.5) is 10.1 Å². The molecule has 23 heavy (non-hydrogen) atoms. The number of rotatable bonds is 3. The van der Waals surface area contributed by atoms with Crippen LogP contribution in [0.1, 0.15) is 36.2 Å². The van der Waals surface area contributed by atoms with Gasteiger partial charge in [0, 0.05) is 11.8 Å². The zero-order chi connectivity index (χ0) is 16.6. The Hall–Kier alpha value is -2.50. The van der Waals surface area contributed by atoms with E-state index < -0.39 is 11.9 Å². The van der Waals surface area contributed by atoms with Gasteiger partial charge in [0.25, 0.3) is 5.56 Å². The lowest BCUT2D eigenvalue weighted by Gasteiger charge is -2.15. The summed E-state index contributed by atoms with van der Waals surface area (Å²) in [6.07, 6.45) is 2.67. The Morgan fingerprint density at radius 3 is 2.87 bits per heavy atom. The number of aromatic nitrogens is 2. The van der Waals surface area contributed by atoms with Gasteiger partial charge in [-0.25, -0.2) is 9.07 Å². The van der Waals surface area contributed by atoms with E-state index in [1.807, 2.05) is 0 Å². The fourth-order valence-electron chi connectivity index (χ4n) is 2.72. The summed E-state index contributed by atoms with van der Waals surface area (Å²) in [6, 6.07) is 5.28. The van der Waals surface area contributed by atoms with Crippen molar-refractivity contribution in [1.29, 1.82) is 0 Å². The molecule has 6 heteroatoms. The molecule has 1 aliphatic rings. The summed E-state index contributed by atoms with van der Waals surface area (Å²) < 4.78 is 14.7. The first kappa shape index (κ1) is 15.4. The SMILES string of the molecule is Cc1ccc(NC(=O)C(C)n2nc3c(cc2=O)CCC3)cc1F. The van der Waals surface area contributed by atoms with Gasteiger partial charge in [0.1, 0.15) is 11.9 Å². The number of halogens is 1. The van der Waals surface area contributed by atoms with E-state index in [4.69, 9.17) is 0 Å². The van der Waals surface area contributed by atoms with Crippen LogP contribution in [0, 0.1) is 12.7 Å². The number of carbonyl (C=O) groups is 1. The smallest absolute Gasteiger partial charge is 0.267 e. The summed E-state index contributed by atoms with van der Waals surface area (Å²) in [7, 11) is 0. The number of aryl methyl sites for hydroxylation is 3. The maximum Gasteiger partial charge on any atom is 0.267 e. The summed E-state index contributed by atoms with van der Waals surface area (Å²) in [5.74, 6) is -0.788. The average molecular weight is 315 g/mol. The minimum absolute atomic E-state index is 0.289. The highest BCUT2D eigenvalue weighted by atomic mass is 19.1. The molecule has 0 bridgehead atoms. The van der Waals surface area contributed by atoms with Crippen LogP contribution in [0.25, 0.3) is 0 Å². The first-order valence-corrected chi connectivity index (χ1v) is 7.64. The molecule has 0 saturated heterocycles. The van der Waals surface area contributed by atoms with E-state index in [2.05, 4.69) is 10.4 Å². The van der Waals surface area contributed by atoms with Crippen molar-refractivity contribution in [2.75, 3.05) is 5.32 Å². The number of carbonyl (C=O) groups excluding carboxylic acids is 1. The molecular weight excluding hydrogens is 297 g/mol. The van der Waals surface area contributed by atoms with Crippen LogP contribution in [-0.2, 0) is 17.6 Å². The fraction of sp³-hybridized carbons (Fsp3) is 0.353. The van der Waals surface area contributed by atoms with Crippen LogP contribution in [0.5, 0.6) is 0 Å². The summed E-state index contributed by atoms with van der Waals surface area (Å²) in [5, 5.41) is 6.94. The maximum atomic E-state index is 13.5. The molecule has 1 aromatic heterocycles. The Kier molecular flexibility index (Phi) is 3.98. The van der Waals surface area contributed by atoms with Crippen LogP contribution in [0.2, 0.25) is 0 Å². The molecule has 1 amide bonds. The number of nitrogens with zero attached hydrogens (tertiary/aromatic N) is 2. The minimum atomic E-state index is -0.766. The number of amides is 1. The average Bonchev–Trinajstić information content (AvgIpc) is 2.96. The molecular formula is C17H18FN3O2. The topological polar surface area (TPSA) is 64.0 Å². The van der Waals surface area contributed by atoms with Gasteiger partial charge in [-0.05, 0) is 56.4 Å². The first-order chi connectivity index (χ1) is 11.0. The van der Waals surface area contributed by atoms with Gasteiger partial charge >= 0.3 is 0 Å². The van der Waals surface area contributed by atoms with Crippen molar-refractivity contribution in [3.63, 3.8) is 0 Å². The summed E-state index contributed by atoms with van der Waals surface area (Å²) in [5.41, 5.74) is 2.43. The van der Waals surface area contributed by atoms with Crippen molar-refractivity contribution in [2.24, 2.45) is 0 Å². The highest BCUT2D eigenvalue weighted by Gasteiger charge is 2.21. The third kappa shape index (κ3) is 3.02.